The molecule has 128 valence electrons. The number of piperidine rings is 1. The van der Waals surface area contributed by atoms with Crippen molar-refractivity contribution in [2.75, 3.05) is 31.2 Å². The van der Waals surface area contributed by atoms with Crippen LogP contribution in [0.4, 0.5) is 5.69 Å². The Morgan fingerprint density at radius 2 is 1.83 bits per heavy atom. The summed E-state index contributed by atoms with van der Waals surface area (Å²) < 4.78 is 11.4. The number of ether oxygens (including phenoxy) is 2. The molecular formula is C17H19ClN2O4. The smallest absolute Gasteiger partial charge is 0.251 e. The maximum absolute atomic E-state index is 12.8. The number of halogens is 1. The SMILES string of the molecule is O=C1CC(N2CCC3(CC2)OCCO3)C(=O)N1c1cccc(Cl)c1. The number of carbonyl (C=O) groups excluding carboxylic acids is 2. The first-order chi connectivity index (χ1) is 11.6. The van der Waals surface area contributed by atoms with Crippen LogP contribution < -0.4 is 4.90 Å². The van der Waals surface area contributed by atoms with Gasteiger partial charge in [-0.1, -0.05) is 17.7 Å². The predicted octanol–water partition coefficient (Wildman–Crippen LogP) is 1.81. The number of anilines is 1. The number of rotatable bonds is 2. The van der Waals surface area contributed by atoms with Crippen LogP contribution in [-0.2, 0) is 19.1 Å². The molecule has 3 heterocycles. The highest BCUT2D eigenvalue weighted by Crippen LogP contribution is 2.34. The summed E-state index contributed by atoms with van der Waals surface area (Å²) in [6.07, 6.45) is 1.66. The van der Waals surface area contributed by atoms with E-state index in [9.17, 15) is 9.59 Å². The second-order valence-corrected chi connectivity index (χ2v) is 6.85. The molecular weight excluding hydrogens is 332 g/mol. The molecule has 7 heteroatoms. The monoisotopic (exact) mass is 350 g/mol. The van der Waals surface area contributed by atoms with Crippen molar-refractivity contribution in [1.82, 2.24) is 4.90 Å². The van der Waals surface area contributed by atoms with Crippen molar-refractivity contribution in [2.24, 2.45) is 0 Å². The highest BCUT2D eigenvalue weighted by Gasteiger charge is 2.47. The van der Waals surface area contributed by atoms with E-state index < -0.39 is 11.8 Å². The van der Waals surface area contributed by atoms with Gasteiger partial charge in [0.25, 0.3) is 5.91 Å². The number of carbonyl (C=O) groups is 2. The Morgan fingerprint density at radius 3 is 2.50 bits per heavy atom. The third kappa shape index (κ3) is 2.73. The molecule has 0 bridgehead atoms. The molecule has 0 N–H and O–H groups in total. The predicted molar refractivity (Wildman–Crippen MR) is 87.8 cm³/mol. The van der Waals surface area contributed by atoms with E-state index in [1.165, 1.54) is 4.90 Å². The van der Waals surface area contributed by atoms with E-state index in [0.29, 0.717) is 37.0 Å². The van der Waals surface area contributed by atoms with Crippen molar-refractivity contribution in [3.8, 4) is 0 Å². The van der Waals surface area contributed by atoms with Crippen LogP contribution in [-0.4, -0.2) is 54.8 Å². The van der Waals surface area contributed by atoms with Gasteiger partial charge in [-0.25, -0.2) is 4.90 Å². The van der Waals surface area contributed by atoms with E-state index in [1.54, 1.807) is 24.3 Å². The Morgan fingerprint density at radius 1 is 1.12 bits per heavy atom. The molecule has 0 aromatic heterocycles. The molecule has 1 aromatic carbocycles. The van der Waals surface area contributed by atoms with Gasteiger partial charge in [-0.3, -0.25) is 14.5 Å². The fourth-order valence-electron chi connectivity index (χ4n) is 3.75. The molecule has 2 amide bonds. The van der Waals surface area contributed by atoms with Gasteiger partial charge in [0.1, 0.15) is 0 Å². The van der Waals surface area contributed by atoms with Gasteiger partial charge in [-0.2, -0.15) is 0 Å². The lowest BCUT2D eigenvalue weighted by Crippen LogP contribution is -2.51. The fraction of sp³-hybridized carbons (Fsp3) is 0.529. The van der Waals surface area contributed by atoms with Gasteiger partial charge in [-0.15, -0.1) is 0 Å². The molecule has 3 fully saturated rings. The first-order valence-corrected chi connectivity index (χ1v) is 8.60. The average molecular weight is 351 g/mol. The topological polar surface area (TPSA) is 59.1 Å². The van der Waals surface area contributed by atoms with Crippen LogP contribution in [0.5, 0.6) is 0 Å². The van der Waals surface area contributed by atoms with Gasteiger partial charge in [-0.05, 0) is 18.2 Å². The lowest BCUT2D eigenvalue weighted by Gasteiger charge is -2.39. The Kier molecular flexibility index (Phi) is 4.08. The van der Waals surface area contributed by atoms with Crippen molar-refractivity contribution in [1.29, 1.82) is 0 Å². The molecule has 3 aliphatic heterocycles. The summed E-state index contributed by atoms with van der Waals surface area (Å²) in [5.74, 6) is -0.832. The lowest BCUT2D eigenvalue weighted by atomic mass is 10.0. The number of imide groups is 1. The Labute approximate surface area is 145 Å². The number of likely N-dealkylation sites (tertiary alicyclic amines) is 1. The van der Waals surface area contributed by atoms with Crippen LogP contribution in [0.1, 0.15) is 19.3 Å². The minimum absolute atomic E-state index is 0.175. The number of benzene rings is 1. The average Bonchev–Trinajstić information content (AvgIpc) is 3.13. The Hall–Kier alpha value is -1.47. The molecule has 24 heavy (non-hydrogen) atoms. The molecule has 0 radical (unpaired) electrons. The molecule has 3 aliphatic rings. The lowest BCUT2D eigenvalue weighted by molar-refractivity contribution is -0.188. The quantitative estimate of drug-likeness (QED) is 0.761. The highest BCUT2D eigenvalue weighted by molar-refractivity contribution is 6.31. The second kappa shape index (κ2) is 6.11. The molecule has 6 nitrogen and oxygen atoms in total. The van der Waals surface area contributed by atoms with E-state index in [1.807, 2.05) is 0 Å². The maximum atomic E-state index is 12.8. The number of nitrogens with zero attached hydrogens (tertiary/aromatic N) is 2. The van der Waals surface area contributed by atoms with Crippen molar-refractivity contribution in [2.45, 2.75) is 31.1 Å². The Bertz CT molecular complexity index is 664. The fourth-order valence-corrected chi connectivity index (χ4v) is 3.93. The van der Waals surface area contributed by atoms with Crippen LogP contribution >= 0.6 is 11.6 Å². The minimum Gasteiger partial charge on any atom is -0.347 e. The maximum Gasteiger partial charge on any atom is 0.251 e. The van der Waals surface area contributed by atoms with Gasteiger partial charge < -0.3 is 9.47 Å². The zero-order valence-corrected chi connectivity index (χ0v) is 14.0. The van der Waals surface area contributed by atoms with E-state index in [-0.39, 0.29) is 18.2 Å². The molecule has 1 atom stereocenters. The van der Waals surface area contributed by atoms with Crippen molar-refractivity contribution in [3.63, 3.8) is 0 Å². The summed E-state index contributed by atoms with van der Waals surface area (Å²) in [5.41, 5.74) is 0.538. The van der Waals surface area contributed by atoms with E-state index in [2.05, 4.69) is 4.90 Å². The van der Waals surface area contributed by atoms with Crippen LogP contribution in [0.15, 0.2) is 24.3 Å². The third-order valence-corrected chi connectivity index (χ3v) is 5.24. The molecule has 1 spiro atoms. The Balaban J connectivity index is 1.48. The first-order valence-electron chi connectivity index (χ1n) is 8.22. The van der Waals surface area contributed by atoms with Crippen molar-refractivity contribution in [3.05, 3.63) is 29.3 Å². The van der Waals surface area contributed by atoms with Gasteiger partial charge in [0.2, 0.25) is 5.91 Å². The van der Waals surface area contributed by atoms with E-state index >= 15 is 0 Å². The van der Waals surface area contributed by atoms with Gasteiger partial charge in [0, 0.05) is 31.0 Å². The summed E-state index contributed by atoms with van der Waals surface area (Å²) in [6.45, 7) is 2.63. The van der Waals surface area contributed by atoms with Crippen LogP contribution in [0.25, 0.3) is 0 Å². The highest BCUT2D eigenvalue weighted by atomic mass is 35.5. The number of amides is 2. The molecule has 4 rings (SSSR count). The van der Waals surface area contributed by atoms with Crippen molar-refractivity contribution >= 4 is 29.1 Å². The zero-order valence-electron chi connectivity index (χ0n) is 13.2. The molecule has 0 aliphatic carbocycles. The number of hydrogen-bond donors (Lipinski definition) is 0. The summed E-state index contributed by atoms with van der Waals surface area (Å²) in [6, 6.07) is 6.43. The minimum atomic E-state index is -0.477. The van der Waals surface area contributed by atoms with Crippen LogP contribution in [0.3, 0.4) is 0 Å². The summed E-state index contributed by atoms with van der Waals surface area (Å²) in [5, 5.41) is 0.506. The molecule has 1 unspecified atom stereocenters. The van der Waals surface area contributed by atoms with Gasteiger partial charge >= 0.3 is 0 Å². The van der Waals surface area contributed by atoms with Crippen molar-refractivity contribution < 1.29 is 19.1 Å². The van der Waals surface area contributed by atoms with E-state index in [4.69, 9.17) is 21.1 Å². The zero-order chi connectivity index (χ0) is 16.7. The summed E-state index contributed by atoms with van der Waals surface area (Å²) in [7, 11) is 0. The molecule has 0 saturated carbocycles. The second-order valence-electron chi connectivity index (χ2n) is 6.41. The van der Waals surface area contributed by atoms with Crippen LogP contribution in [0.2, 0.25) is 5.02 Å². The summed E-state index contributed by atoms with van der Waals surface area (Å²) >= 11 is 5.99. The summed E-state index contributed by atoms with van der Waals surface area (Å²) in [4.78, 5) is 28.5. The van der Waals surface area contributed by atoms with Gasteiger partial charge in [0.05, 0.1) is 31.4 Å². The largest absolute Gasteiger partial charge is 0.347 e. The third-order valence-electron chi connectivity index (χ3n) is 5.00. The van der Waals surface area contributed by atoms with Gasteiger partial charge in [0.15, 0.2) is 5.79 Å². The van der Waals surface area contributed by atoms with E-state index in [0.717, 1.165) is 12.8 Å². The normalized spacial score (nSPS) is 27.4. The number of hydrogen-bond acceptors (Lipinski definition) is 5. The van der Waals surface area contributed by atoms with Crippen LogP contribution in [0, 0.1) is 0 Å². The first kappa shape index (κ1) is 16.0. The molecule has 1 aromatic rings. The standard InChI is InChI=1S/C17H19ClN2O4/c18-12-2-1-3-13(10-12)20-15(21)11-14(16(20)22)19-6-4-17(5-7-19)23-8-9-24-17/h1-3,10,14H,4-9,11H2. The molecule has 3 saturated heterocycles.